The number of hydrogen-bond donors (Lipinski definition) is 1. The number of nitrogens with zero attached hydrogens (tertiary/aromatic N) is 1. The molecule has 3 aliphatic rings. The van der Waals surface area contributed by atoms with E-state index in [1.54, 1.807) is 6.07 Å². The number of ether oxygens (including phenoxy) is 2. The van der Waals surface area contributed by atoms with Crippen LogP contribution in [0.3, 0.4) is 0 Å². The zero-order valence-corrected chi connectivity index (χ0v) is 15.3. The molecule has 142 valence electrons. The Balaban J connectivity index is 1.30. The van der Waals surface area contributed by atoms with Gasteiger partial charge in [0.2, 0.25) is 0 Å². The van der Waals surface area contributed by atoms with Crippen molar-refractivity contribution < 1.29 is 19.1 Å². The maximum Gasteiger partial charge on any atom is 0.258 e. The highest BCUT2D eigenvalue weighted by Crippen LogP contribution is 2.34. The molecule has 6 nitrogen and oxygen atoms in total. The lowest BCUT2D eigenvalue weighted by Crippen LogP contribution is -2.61. The number of amides is 2. The summed E-state index contributed by atoms with van der Waals surface area (Å²) in [5, 5.41) is 3.00. The van der Waals surface area contributed by atoms with E-state index in [4.69, 9.17) is 9.47 Å². The summed E-state index contributed by atoms with van der Waals surface area (Å²) in [4.78, 5) is 27.2. The first-order chi connectivity index (χ1) is 13.6. The van der Waals surface area contributed by atoms with E-state index in [1.807, 2.05) is 53.4 Å². The molecule has 0 aromatic heterocycles. The van der Waals surface area contributed by atoms with E-state index < -0.39 is 5.72 Å². The number of carbonyl (C=O) groups is 2. The summed E-state index contributed by atoms with van der Waals surface area (Å²) in [6.07, 6.45) is 2.99. The minimum Gasteiger partial charge on any atom is -0.488 e. The van der Waals surface area contributed by atoms with Gasteiger partial charge in [0.1, 0.15) is 18.1 Å². The zero-order valence-electron chi connectivity index (χ0n) is 15.3. The van der Waals surface area contributed by atoms with E-state index >= 15 is 0 Å². The molecule has 1 fully saturated rings. The number of fused-ring (bicyclic) bond motifs is 2. The maximum atomic E-state index is 12.9. The van der Waals surface area contributed by atoms with Crippen molar-refractivity contribution in [1.82, 2.24) is 10.2 Å². The summed E-state index contributed by atoms with van der Waals surface area (Å²) in [5.74, 6) is 1.26. The molecule has 1 saturated heterocycles. The van der Waals surface area contributed by atoms with E-state index in [0.717, 1.165) is 11.3 Å². The fraction of sp³-hybridized carbons (Fsp3) is 0.273. The Hall–Kier alpha value is -3.28. The lowest BCUT2D eigenvalue weighted by atomic mass is 9.96. The van der Waals surface area contributed by atoms with Crippen molar-refractivity contribution in [3.63, 3.8) is 0 Å². The molecule has 2 aromatic carbocycles. The average Bonchev–Trinajstić information content (AvgIpc) is 2.73. The first-order valence-corrected chi connectivity index (χ1v) is 9.46. The Morgan fingerprint density at radius 3 is 2.54 bits per heavy atom. The van der Waals surface area contributed by atoms with Gasteiger partial charge >= 0.3 is 0 Å². The Morgan fingerprint density at radius 2 is 1.71 bits per heavy atom. The van der Waals surface area contributed by atoms with Crippen molar-refractivity contribution in [3.8, 4) is 11.5 Å². The standard InChI is InChI=1S/C22H20N2O4/c25-20-17-6-2-4-8-19(17)28-22(23-20)9-11-24(12-10-22)21(26)16-13-15-5-1-3-7-18(15)27-14-16/h1-8,13H,9-12,14H2,(H,23,25). The molecule has 0 unspecified atom stereocenters. The summed E-state index contributed by atoms with van der Waals surface area (Å²) >= 11 is 0. The van der Waals surface area contributed by atoms with Crippen LogP contribution in [-0.4, -0.2) is 42.1 Å². The molecule has 0 bridgehead atoms. The Labute approximate surface area is 162 Å². The normalized spacial score (nSPS) is 19.5. The molecule has 0 atom stereocenters. The van der Waals surface area contributed by atoms with Crippen LogP contribution in [0.2, 0.25) is 0 Å². The summed E-state index contributed by atoms with van der Waals surface area (Å²) < 4.78 is 11.9. The Bertz CT molecular complexity index is 990. The van der Waals surface area contributed by atoms with Crippen LogP contribution in [0, 0.1) is 0 Å². The van der Waals surface area contributed by atoms with Crippen LogP contribution >= 0.6 is 0 Å². The van der Waals surface area contributed by atoms with Gasteiger partial charge < -0.3 is 19.7 Å². The lowest BCUT2D eigenvalue weighted by molar-refractivity contribution is -0.131. The van der Waals surface area contributed by atoms with Gasteiger partial charge in [-0.1, -0.05) is 30.3 Å². The van der Waals surface area contributed by atoms with Crippen molar-refractivity contribution in [2.45, 2.75) is 18.6 Å². The van der Waals surface area contributed by atoms with Gasteiger partial charge in [0.25, 0.3) is 11.8 Å². The van der Waals surface area contributed by atoms with Crippen molar-refractivity contribution in [2.24, 2.45) is 0 Å². The lowest BCUT2D eigenvalue weighted by Gasteiger charge is -2.44. The number of likely N-dealkylation sites (tertiary alicyclic amines) is 1. The number of piperidine rings is 1. The zero-order chi connectivity index (χ0) is 19.1. The number of hydrogen-bond acceptors (Lipinski definition) is 4. The largest absolute Gasteiger partial charge is 0.488 e. The highest BCUT2D eigenvalue weighted by molar-refractivity contribution is 6.00. The molecule has 0 aliphatic carbocycles. The first kappa shape index (κ1) is 16.9. The van der Waals surface area contributed by atoms with Gasteiger partial charge in [0.15, 0.2) is 5.72 Å². The van der Waals surface area contributed by atoms with Crippen LogP contribution in [-0.2, 0) is 4.79 Å². The molecular weight excluding hydrogens is 356 g/mol. The van der Waals surface area contributed by atoms with Crippen LogP contribution in [0.15, 0.2) is 54.1 Å². The highest BCUT2D eigenvalue weighted by atomic mass is 16.5. The highest BCUT2D eigenvalue weighted by Gasteiger charge is 2.43. The molecular formula is C22H20N2O4. The Kier molecular flexibility index (Phi) is 3.86. The molecule has 5 rings (SSSR count). The number of carbonyl (C=O) groups excluding carboxylic acids is 2. The third-order valence-corrected chi connectivity index (χ3v) is 5.54. The number of rotatable bonds is 1. The van der Waals surface area contributed by atoms with Crippen molar-refractivity contribution in [3.05, 3.63) is 65.2 Å². The quantitative estimate of drug-likeness (QED) is 0.831. The molecule has 2 aromatic rings. The van der Waals surface area contributed by atoms with Crippen molar-refractivity contribution in [2.75, 3.05) is 19.7 Å². The second-order valence-electron chi connectivity index (χ2n) is 7.33. The van der Waals surface area contributed by atoms with Crippen molar-refractivity contribution in [1.29, 1.82) is 0 Å². The predicted octanol–water partition coefficient (Wildman–Crippen LogP) is 2.60. The van der Waals surface area contributed by atoms with E-state index in [2.05, 4.69) is 5.32 Å². The van der Waals surface area contributed by atoms with Crippen LogP contribution in [0.4, 0.5) is 0 Å². The molecule has 3 heterocycles. The van der Waals surface area contributed by atoms with Crippen LogP contribution in [0.25, 0.3) is 6.08 Å². The summed E-state index contributed by atoms with van der Waals surface area (Å²) in [6.45, 7) is 1.30. The third kappa shape index (κ3) is 2.81. The van der Waals surface area contributed by atoms with E-state index in [0.29, 0.717) is 42.8 Å². The van der Waals surface area contributed by atoms with Gasteiger partial charge in [-0.15, -0.1) is 0 Å². The smallest absolute Gasteiger partial charge is 0.258 e. The number of benzene rings is 2. The van der Waals surface area contributed by atoms with Gasteiger partial charge in [-0.2, -0.15) is 0 Å². The van der Waals surface area contributed by atoms with E-state index in [1.165, 1.54) is 0 Å². The summed E-state index contributed by atoms with van der Waals surface area (Å²) in [6, 6.07) is 14.9. The van der Waals surface area contributed by atoms with Crippen molar-refractivity contribution >= 4 is 17.9 Å². The monoisotopic (exact) mass is 376 g/mol. The molecule has 1 spiro atoms. The SMILES string of the molecule is O=C1NC2(CCN(C(=O)C3=Cc4ccccc4OC3)CC2)Oc2ccccc21. The van der Waals surface area contributed by atoms with Gasteiger partial charge in [-0.3, -0.25) is 9.59 Å². The van der Waals surface area contributed by atoms with Crippen LogP contribution in [0.1, 0.15) is 28.8 Å². The molecule has 2 amide bonds. The van der Waals surface area contributed by atoms with Gasteiger partial charge in [0, 0.05) is 31.5 Å². The second-order valence-corrected chi connectivity index (χ2v) is 7.33. The summed E-state index contributed by atoms with van der Waals surface area (Å²) in [7, 11) is 0. The predicted molar refractivity (Wildman–Crippen MR) is 103 cm³/mol. The number of nitrogens with one attached hydrogen (secondary N) is 1. The maximum absolute atomic E-state index is 12.9. The third-order valence-electron chi connectivity index (χ3n) is 5.54. The minimum atomic E-state index is -0.744. The molecule has 0 radical (unpaired) electrons. The fourth-order valence-corrected chi connectivity index (χ4v) is 3.99. The van der Waals surface area contributed by atoms with Gasteiger partial charge in [0.05, 0.1) is 11.1 Å². The molecule has 3 aliphatic heterocycles. The molecule has 0 saturated carbocycles. The van der Waals surface area contributed by atoms with Crippen LogP contribution < -0.4 is 14.8 Å². The second kappa shape index (κ2) is 6.41. The molecule has 6 heteroatoms. The topological polar surface area (TPSA) is 67.9 Å². The molecule has 28 heavy (non-hydrogen) atoms. The van der Waals surface area contributed by atoms with Crippen LogP contribution in [0.5, 0.6) is 11.5 Å². The minimum absolute atomic E-state index is 0.0214. The average molecular weight is 376 g/mol. The first-order valence-electron chi connectivity index (χ1n) is 9.46. The van der Waals surface area contributed by atoms with Gasteiger partial charge in [-0.05, 0) is 24.3 Å². The van der Waals surface area contributed by atoms with E-state index in [9.17, 15) is 9.59 Å². The fourth-order valence-electron chi connectivity index (χ4n) is 3.99. The summed E-state index contributed by atoms with van der Waals surface area (Å²) in [5.41, 5.74) is 1.38. The Morgan fingerprint density at radius 1 is 1.00 bits per heavy atom. The van der Waals surface area contributed by atoms with Gasteiger partial charge in [-0.25, -0.2) is 0 Å². The molecule has 1 N–H and O–H groups in total. The number of para-hydroxylation sites is 2. The van der Waals surface area contributed by atoms with E-state index in [-0.39, 0.29) is 18.4 Å².